The van der Waals surface area contributed by atoms with Gasteiger partial charge in [-0.2, -0.15) is 0 Å². The van der Waals surface area contributed by atoms with Crippen LogP contribution in [-0.4, -0.2) is 6.54 Å². The maximum Gasteiger partial charge on any atom is 0.0547 e. The van der Waals surface area contributed by atoms with Crippen molar-refractivity contribution in [2.45, 2.75) is 52.0 Å². The van der Waals surface area contributed by atoms with Crippen LogP contribution in [-0.2, 0) is 0 Å². The first kappa shape index (κ1) is 14.8. The first-order chi connectivity index (χ1) is 9.22. The van der Waals surface area contributed by atoms with E-state index in [0.29, 0.717) is 6.04 Å². The molecule has 104 valence electrons. The molecule has 1 unspecified atom stereocenters. The van der Waals surface area contributed by atoms with Gasteiger partial charge in [-0.3, -0.25) is 0 Å². The summed E-state index contributed by atoms with van der Waals surface area (Å²) < 4.78 is 1.23. The van der Waals surface area contributed by atoms with Gasteiger partial charge in [-0.25, -0.2) is 0 Å². The fourth-order valence-corrected chi connectivity index (χ4v) is 3.44. The molecule has 19 heavy (non-hydrogen) atoms. The van der Waals surface area contributed by atoms with Gasteiger partial charge >= 0.3 is 0 Å². The average molecular weight is 322 g/mol. The maximum atomic E-state index is 3.74. The molecule has 1 N–H and O–H groups in total. The van der Waals surface area contributed by atoms with E-state index in [1.807, 2.05) is 0 Å². The highest BCUT2D eigenvalue weighted by molar-refractivity contribution is 9.10. The molecule has 0 spiro atoms. The van der Waals surface area contributed by atoms with E-state index < -0.39 is 0 Å². The molecule has 1 aliphatic rings. The van der Waals surface area contributed by atoms with Crippen LogP contribution in [0.15, 0.2) is 34.3 Å². The van der Waals surface area contributed by atoms with Gasteiger partial charge in [0.25, 0.3) is 0 Å². The number of benzene rings is 1. The Morgan fingerprint density at radius 2 is 2.16 bits per heavy atom. The number of hydrogen-bond acceptors (Lipinski definition) is 1. The molecule has 1 aromatic rings. The molecule has 0 fully saturated rings. The topological polar surface area (TPSA) is 12.0 Å². The fraction of sp³-hybridized carbons (Fsp3) is 0.529. The van der Waals surface area contributed by atoms with Crippen molar-refractivity contribution in [3.63, 3.8) is 0 Å². The van der Waals surface area contributed by atoms with Crippen molar-refractivity contribution in [1.82, 2.24) is 5.32 Å². The Morgan fingerprint density at radius 1 is 1.32 bits per heavy atom. The molecule has 1 nitrogen and oxygen atoms in total. The van der Waals surface area contributed by atoms with Crippen molar-refractivity contribution < 1.29 is 0 Å². The first-order valence-electron chi connectivity index (χ1n) is 7.40. The standard InChI is InChI=1S/C17H24BrN/c1-3-11-19-17(14-7-5-4-6-8-14)15-10-9-13(2)12-16(15)18/h7,9-10,12,17,19H,3-6,8,11H2,1-2H3. The zero-order valence-electron chi connectivity index (χ0n) is 12.0. The first-order valence-corrected chi connectivity index (χ1v) is 8.20. The third-order valence-electron chi connectivity index (χ3n) is 3.76. The lowest BCUT2D eigenvalue weighted by atomic mass is 9.89. The zero-order valence-corrected chi connectivity index (χ0v) is 13.6. The Morgan fingerprint density at radius 3 is 2.79 bits per heavy atom. The van der Waals surface area contributed by atoms with Gasteiger partial charge < -0.3 is 5.32 Å². The molecule has 0 heterocycles. The van der Waals surface area contributed by atoms with E-state index in [9.17, 15) is 0 Å². The van der Waals surface area contributed by atoms with Crippen LogP contribution >= 0.6 is 15.9 Å². The van der Waals surface area contributed by atoms with E-state index in [4.69, 9.17) is 0 Å². The van der Waals surface area contributed by atoms with Crippen molar-refractivity contribution in [1.29, 1.82) is 0 Å². The summed E-state index contributed by atoms with van der Waals surface area (Å²) >= 11 is 3.74. The molecule has 2 rings (SSSR count). The molecule has 1 aliphatic carbocycles. The van der Waals surface area contributed by atoms with Gasteiger partial charge in [-0.05, 0) is 62.8 Å². The highest BCUT2D eigenvalue weighted by atomic mass is 79.9. The van der Waals surface area contributed by atoms with Crippen LogP contribution in [0.4, 0.5) is 0 Å². The van der Waals surface area contributed by atoms with Crippen molar-refractivity contribution in [2.75, 3.05) is 6.54 Å². The fourth-order valence-electron chi connectivity index (χ4n) is 2.72. The zero-order chi connectivity index (χ0) is 13.7. The van der Waals surface area contributed by atoms with E-state index in [1.165, 1.54) is 47.7 Å². The predicted octanol–water partition coefficient (Wildman–Crippen LogP) is 5.30. The molecular formula is C17H24BrN. The Balaban J connectivity index is 2.27. The molecule has 2 heteroatoms. The van der Waals surface area contributed by atoms with Crippen LogP contribution in [0.3, 0.4) is 0 Å². The molecule has 0 bridgehead atoms. The molecule has 0 radical (unpaired) electrons. The number of halogens is 1. The SMILES string of the molecule is CCCNC(C1=CCCCC1)c1ccc(C)cc1Br. The lowest BCUT2D eigenvalue weighted by Gasteiger charge is -2.26. The number of hydrogen-bond donors (Lipinski definition) is 1. The van der Waals surface area contributed by atoms with Crippen LogP contribution in [0.2, 0.25) is 0 Å². The molecule has 0 saturated heterocycles. The van der Waals surface area contributed by atoms with Crippen molar-refractivity contribution in [3.05, 3.63) is 45.4 Å². The van der Waals surface area contributed by atoms with Gasteiger partial charge in [0.2, 0.25) is 0 Å². The van der Waals surface area contributed by atoms with Crippen LogP contribution in [0, 0.1) is 6.92 Å². The minimum absolute atomic E-state index is 0.384. The summed E-state index contributed by atoms with van der Waals surface area (Å²) in [6.45, 7) is 5.44. The normalized spacial score (nSPS) is 17.1. The van der Waals surface area contributed by atoms with Crippen LogP contribution < -0.4 is 5.32 Å². The van der Waals surface area contributed by atoms with E-state index in [0.717, 1.165) is 6.54 Å². The number of nitrogens with one attached hydrogen (secondary N) is 1. The Hall–Kier alpha value is -0.600. The van der Waals surface area contributed by atoms with Gasteiger partial charge in [0, 0.05) is 4.47 Å². The Bertz CT molecular complexity index is 451. The van der Waals surface area contributed by atoms with Crippen LogP contribution in [0.1, 0.15) is 56.2 Å². The highest BCUT2D eigenvalue weighted by Crippen LogP contribution is 2.34. The second kappa shape index (κ2) is 7.25. The number of rotatable bonds is 5. The molecule has 0 amide bonds. The molecule has 1 aromatic carbocycles. The minimum atomic E-state index is 0.384. The van der Waals surface area contributed by atoms with Gasteiger partial charge in [0.1, 0.15) is 0 Å². The van der Waals surface area contributed by atoms with E-state index in [2.05, 4.69) is 59.4 Å². The maximum absolute atomic E-state index is 3.74. The van der Waals surface area contributed by atoms with Crippen LogP contribution in [0.25, 0.3) is 0 Å². The summed E-state index contributed by atoms with van der Waals surface area (Å²) in [5.41, 5.74) is 4.26. The lowest BCUT2D eigenvalue weighted by molar-refractivity contribution is 0.545. The smallest absolute Gasteiger partial charge is 0.0547 e. The quantitative estimate of drug-likeness (QED) is 0.726. The predicted molar refractivity (Wildman–Crippen MR) is 86.5 cm³/mol. The Kier molecular flexibility index (Phi) is 5.65. The molecule has 0 aromatic heterocycles. The Labute approximate surface area is 125 Å². The second-order valence-corrected chi connectivity index (χ2v) is 6.29. The van der Waals surface area contributed by atoms with E-state index >= 15 is 0 Å². The summed E-state index contributed by atoms with van der Waals surface area (Å²) in [6, 6.07) is 7.08. The van der Waals surface area contributed by atoms with Crippen molar-refractivity contribution in [2.24, 2.45) is 0 Å². The molecule has 1 atom stereocenters. The van der Waals surface area contributed by atoms with Crippen LogP contribution in [0.5, 0.6) is 0 Å². The summed E-state index contributed by atoms with van der Waals surface area (Å²) in [4.78, 5) is 0. The minimum Gasteiger partial charge on any atom is -0.307 e. The highest BCUT2D eigenvalue weighted by Gasteiger charge is 2.19. The number of aryl methyl sites for hydroxylation is 1. The van der Waals surface area contributed by atoms with Crippen molar-refractivity contribution in [3.8, 4) is 0 Å². The van der Waals surface area contributed by atoms with Gasteiger partial charge in [-0.1, -0.05) is 46.6 Å². The summed E-state index contributed by atoms with van der Waals surface area (Å²) in [6.07, 6.45) is 8.78. The van der Waals surface area contributed by atoms with Crippen molar-refractivity contribution >= 4 is 15.9 Å². The third kappa shape index (κ3) is 3.93. The largest absolute Gasteiger partial charge is 0.307 e. The van der Waals surface area contributed by atoms with Gasteiger partial charge in [0.15, 0.2) is 0 Å². The molecule has 0 saturated carbocycles. The monoisotopic (exact) mass is 321 g/mol. The average Bonchev–Trinajstić information content (AvgIpc) is 2.42. The van der Waals surface area contributed by atoms with E-state index in [1.54, 1.807) is 5.57 Å². The third-order valence-corrected chi connectivity index (χ3v) is 4.45. The van der Waals surface area contributed by atoms with E-state index in [-0.39, 0.29) is 0 Å². The summed E-state index contributed by atoms with van der Waals surface area (Å²) in [5.74, 6) is 0. The summed E-state index contributed by atoms with van der Waals surface area (Å²) in [7, 11) is 0. The lowest BCUT2D eigenvalue weighted by Crippen LogP contribution is -2.25. The number of allylic oxidation sites excluding steroid dienone is 1. The second-order valence-electron chi connectivity index (χ2n) is 5.44. The van der Waals surface area contributed by atoms with Gasteiger partial charge in [-0.15, -0.1) is 0 Å². The summed E-state index contributed by atoms with van der Waals surface area (Å²) in [5, 5.41) is 3.72. The molecular weight excluding hydrogens is 298 g/mol. The molecule has 0 aliphatic heterocycles. The van der Waals surface area contributed by atoms with Gasteiger partial charge in [0.05, 0.1) is 6.04 Å².